The van der Waals surface area contributed by atoms with Gasteiger partial charge < -0.3 is 0 Å². The number of para-hydroxylation sites is 1. The molecular weight excluding hydrogens is 225 g/mol. The number of rotatable bonds is 4. The van der Waals surface area contributed by atoms with Crippen molar-refractivity contribution in [2.24, 2.45) is 0 Å². The van der Waals surface area contributed by atoms with Crippen molar-refractivity contribution in [3.8, 4) is 5.75 Å². The molecule has 12 heavy (non-hydrogen) atoms. The average molecular weight is 232 g/mol. The zero-order chi connectivity index (χ0) is 8.81. The number of benzene rings is 1. The SMILES string of the molecule is FOB(O[AsH2])Oc1ccccc1. The molecule has 0 N–H and O–H groups in total. The van der Waals surface area contributed by atoms with Crippen molar-refractivity contribution in [1.82, 2.24) is 0 Å². The van der Waals surface area contributed by atoms with Gasteiger partial charge in [-0.05, 0) is 0 Å². The van der Waals surface area contributed by atoms with Crippen LogP contribution in [0, 0.1) is 0 Å². The summed E-state index contributed by atoms with van der Waals surface area (Å²) in [5, 5.41) is 0. The van der Waals surface area contributed by atoms with Gasteiger partial charge >= 0.3 is 78.3 Å². The maximum absolute atomic E-state index is 11.6. The van der Waals surface area contributed by atoms with E-state index in [4.69, 9.17) is 4.65 Å². The molecule has 0 amide bonds. The topological polar surface area (TPSA) is 27.7 Å². The van der Waals surface area contributed by atoms with Gasteiger partial charge in [-0.25, -0.2) is 0 Å². The summed E-state index contributed by atoms with van der Waals surface area (Å²) in [5.41, 5.74) is 0. The van der Waals surface area contributed by atoms with E-state index in [0.717, 1.165) is 17.2 Å². The molecular formula is C6H7AsBFO3. The first-order valence-electron chi connectivity index (χ1n) is 3.21. The molecule has 0 aliphatic rings. The third kappa shape index (κ3) is 2.85. The molecule has 0 aliphatic carbocycles. The summed E-state index contributed by atoms with van der Waals surface area (Å²) in [7, 11) is -1.27. The Hall–Kier alpha value is -0.507. The summed E-state index contributed by atoms with van der Waals surface area (Å²) in [6, 6.07) is 8.72. The molecule has 0 saturated heterocycles. The average Bonchev–Trinajstić information content (AvgIpc) is 2.16. The van der Waals surface area contributed by atoms with Crippen LogP contribution in [0.1, 0.15) is 0 Å². The summed E-state index contributed by atoms with van der Waals surface area (Å²) in [6.45, 7) is 0. The van der Waals surface area contributed by atoms with Crippen LogP contribution in [0.25, 0.3) is 0 Å². The van der Waals surface area contributed by atoms with E-state index in [-0.39, 0.29) is 0 Å². The molecule has 1 aromatic carbocycles. The third-order valence-corrected chi connectivity index (χ3v) is 1.63. The van der Waals surface area contributed by atoms with Gasteiger partial charge in [0.2, 0.25) is 0 Å². The number of hydrogen-bond acceptors (Lipinski definition) is 3. The Balaban J connectivity index is 2.51. The first kappa shape index (κ1) is 9.58. The van der Waals surface area contributed by atoms with Crippen molar-refractivity contribution in [1.29, 1.82) is 0 Å². The molecule has 0 heterocycles. The fourth-order valence-corrected chi connectivity index (χ4v) is 0.882. The summed E-state index contributed by atoms with van der Waals surface area (Å²) in [5.74, 6) is 0.498. The van der Waals surface area contributed by atoms with Crippen LogP contribution in [0.4, 0.5) is 4.53 Å². The van der Waals surface area contributed by atoms with E-state index in [2.05, 4.69) is 8.50 Å². The third-order valence-electron chi connectivity index (χ3n) is 1.16. The number of halogens is 1. The molecule has 64 valence electrons. The van der Waals surface area contributed by atoms with E-state index < -0.39 is 7.32 Å². The molecule has 0 aromatic heterocycles. The van der Waals surface area contributed by atoms with Gasteiger partial charge in [0.15, 0.2) is 0 Å². The van der Waals surface area contributed by atoms with Crippen LogP contribution in [-0.2, 0) is 8.50 Å². The molecule has 0 bridgehead atoms. The molecule has 0 saturated carbocycles. The van der Waals surface area contributed by atoms with Crippen molar-refractivity contribution < 1.29 is 17.7 Å². The van der Waals surface area contributed by atoms with Crippen molar-refractivity contribution in [3.05, 3.63) is 30.3 Å². The van der Waals surface area contributed by atoms with Crippen molar-refractivity contribution >= 4 is 24.5 Å². The predicted molar refractivity (Wildman–Crippen MR) is 44.6 cm³/mol. The second-order valence-corrected chi connectivity index (χ2v) is 2.52. The Morgan fingerprint density at radius 3 is 2.42 bits per heavy atom. The molecule has 0 spiro atoms. The van der Waals surface area contributed by atoms with Crippen LogP contribution in [0.15, 0.2) is 30.3 Å². The van der Waals surface area contributed by atoms with Gasteiger partial charge in [0, 0.05) is 0 Å². The first-order chi connectivity index (χ1) is 5.86. The van der Waals surface area contributed by atoms with E-state index in [0.29, 0.717) is 5.75 Å². The monoisotopic (exact) mass is 232 g/mol. The zero-order valence-electron chi connectivity index (χ0n) is 6.14. The van der Waals surface area contributed by atoms with E-state index in [1.165, 1.54) is 0 Å². The Morgan fingerprint density at radius 2 is 1.92 bits per heavy atom. The van der Waals surface area contributed by atoms with Crippen molar-refractivity contribution in [2.75, 3.05) is 0 Å². The van der Waals surface area contributed by atoms with Crippen LogP contribution in [-0.4, -0.2) is 24.5 Å². The minimum atomic E-state index is -1.27. The standard InChI is InChI=1S/C6H7AsBFO3/c7-11-8(12-9)10-6-4-2-1-3-5-6/h1-5H,7H2. The zero-order valence-corrected chi connectivity index (χ0v) is 8.57. The van der Waals surface area contributed by atoms with Crippen LogP contribution in [0.5, 0.6) is 5.75 Å². The molecule has 1 aromatic rings. The van der Waals surface area contributed by atoms with Crippen LogP contribution >= 0.6 is 0 Å². The van der Waals surface area contributed by atoms with E-state index in [1.54, 1.807) is 24.3 Å². The van der Waals surface area contributed by atoms with Gasteiger partial charge in [-0.2, -0.15) is 0 Å². The minimum absolute atomic E-state index is 0.498. The summed E-state index contributed by atoms with van der Waals surface area (Å²) in [6.07, 6.45) is 0. The Morgan fingerprint density at radius 1 is 1.25 bits per heavy atom. The van der Waals surface area contributed by atoms with Crippen molar-refractivity contribution in [3.63, 3.8) is 0 Å². The molecule has 1 unspecified atom stereocenters. The van der Waals surface area contributed by atoms with Gasteiger partial charge in [-0.3, -0.25) is 0 Å². The molecule has 6 heteroatoms. The fraction of sp³-hybridized carbons (Fsp3) is 0. The maximum atomic E-state index is 11.6. The molecule has 0 fully saturated rings. The second-order valence-electron chi connectivity index (χ2n) is 1.94. The molecule has 0 radical (unpaired) electrons. The van der Waals surface area contributed by atoms with Gasteiger partial charge in [-0.15, -0.1) is 0 Å². The normalized spacial score (nSPS) is 9.50. The summed E-state index contributed by atoms with van der Waals surface area (Å²) in [4.78, 5) is 3.37. The first-order valence-corrected chi connectivity index (χ1v) is 4.20. The van der Waals surface area contributed by atoms with Gasteiger partial charge in [-0.1, -0.05) is 0 Å². The summed E-state index contributed by atoms with van der Waals surface area (Å²) < 4.78 is 21.1. The van der Waals surface area contributed by atoms with E-state index in [9.17, 15) is 4.53 Å². The quantitative estimate of drug-likeness (QED) is 0.708. The molecule has 3 nitrogen and oxygen atoms in total. The summed E-state index contributed by atoms with van der Waals surface area (Å²) >= 11 is 0.865. The van der Waals surface area contributed by atoms with Crippen LogP contribution < -0.4 is 4.65 Å². The van der Waals surface area contributed by atoms with Gasteiger partial charge in [0.05, 0.1) is 0 Å². The predicted octanol–water partition coefficient (Wildman–Crippen LogP) is 0.516. The molecule has 0 aliphatic heterocycles. The Labute approximate surface area is 78.7 Å². The van der Waals surface area contributed by atoms with Crippen LogP contribution in [0.2, 0.25) is 0 Å². The fourth-order valence-electron chi connectivity index (χ4n) is 0.677. The van der Waals surface area contributed by atoms with Gasteiger partial charge in [0.1, 0.15) is 0 Å². The molecule has 1 rings (SSSR count). The Bertz CT molecular complexity index is 219. The molecule has 1 atom stereocenters. The van der Waals surface area contributed by atoms with E-state index >= 15 is 0 Å². The van der Waals surface area contributed by atoms with E-state index in [1.807, 2.05) is 6.07 Å². The van der Waals surface area contributed by atoms with Crippen LogP contribution in [0.3, 0.4) is 0 Å². The van der Waals surface area contributed by atoms with Gasteiger partial charge in [0.25, 0.3) is 0 Å². The Kier molecular flexibility index (Phi) is 4.15. The number of hydrogen-bond donors (Lipinski definition) is 0. The second kappa shape index (κ2) is 5.19. The van der Waals surface area contributed by atoms with Crippen molar-refractivity contribution in [2.45, 2.75) is 0 Å².